The summed E-state index contributed by atoms with van der Waals surface area (Å²) in [5, 5.41) is 21.6. The number of rotatable bonds is 6. The van der Waals surface area contributed by atoms with Gasteiger partial charge in [-0.3, -0.25) is 9.36 Å². The lowest BCUT2D eigenvalue weighted by Crippen LogP contribution is -2.64. The number of hydrogen-bond acceptors (Lipinski definition) is 4. The Bertz CT molecular complexity index is 636. The number of aliphatic carboxylic acids is 1. The Hall–Kier alpha value is -1.73. The van der Waals surface area contributed by atoms with Crippen molar-refractivity contribution in [2.24, 2.45) is 5.92 Å². The van der Waals surface area contributed by atoms with E-state index in [0.717, 1.165) is 0 Å². The van der Waals surface area contributed by atoms with Gasteiger partial charge >= 0.3 is 13.6 Å². The summed E-state index contributed by atoms with van der Waals surface area (Å²) in [6, 6.07) is 8.11. The SMILES string of the molecule is O=C(NC1(C(=O)O)CC(C(O)CP(=O)(O)O)C1)c1ccccc1. The lowest BCUT2D eigenvalue weighted by molar-refractivity contribution is -0.152. The van der Waals surface area contributed by atoms with Crippen LogP contribution >= 0.6 is 7.60 Å². The van der Waals surface area contributed by atoms with E-state index in [0.29, 0.717) is 5.56 Å². The first-order valence-corrected chi connectivity index (χ1v) is 8.76. The number of benzene rings is 1. The average molecular weight is 343 g/mol. The van der Waals surface area contributed by atoms with Crippen LogP contribution in [0.1, 0.15) is 23.2 Å². The van der Waals surface area contributed by atoms with Gasteiger partial charge < -0.3 is 25.3 Å². The van der Waals surface area contributed by atoms with E-state index in [1.165, 1.54) is 0 Å². The standard InChI is InChI=1S/C14H18NO7P/c16-11(8-23(20,21)22)10-6-14(7-10,13(18)19)15-12(17)9-4-2-1-3-5-9/h1-5,10-11,16H,6-8H2,(H,15,17)(H,18,19)(H2,20,21,22). The van der Waals surface area contributed by atoms with Gasteiger partial charge in [-0.1, -0.05) is 18.2 Å². The normalized spacial score (nSPS) is 25.3. The largest absolute Gasteiger partial charge is 0.480 e. The maximum absolute atomic E-state index is 12.1. The molecule has 0 radical (unpaired) electrons. The fraction of sp³-hybridized carbons (Fsp3) is 0.429. The summed E-state index contributed by atoms with van der Waals surface area (Å²) >= 11 is 0. The van der Waals surface area contributed by atoms with E-state index in [9.17, 15) is 24.4 Å². The van der Waals surface area contributed by atoms with Crippen LogP contribution < -0.4 is 5.32 Å². The molecule has 1 atom stereocenters. The van der Waals surface area contributed by atoms with Crippen LogP contribution in [0.3, 0.4) is 0 Å². The Kier molecular flexibility index (Phi) is 4.91. The second kappa shape index (κ2) is 6.41. The van der Waals surface area contributed by atoms with Gasteiger partial charge in [-0.2, -0.15) is 0 Å². The minimum absolute atomic E-state index is 0.0813. The highest BCUT2D eigenvalue weighted by atomic mass is 31.2. The highest BCUT2D eigenvalue weighted by Crippen LogP contribution is 2.45. The van der Waals surface area contributed by atoms with E-state index in [-0.39, 0.29) is 12.8 Å². The van der Waals surface area contributed by atoms with Crippen LogP contribution in [0.25, 0.3) is 0 Å². The number of carboxylic acid groups (broad SMARTS) is 1. The third-order valence-electron chi connectivity index (χ3n) is 3.99. The van der Waals surface area contributed by atoms with Gasteiger partial charge in [-0.05, 0) is 30.9 Å². The van der Waals surface area contributed by atoms with E-state index < -0.39 is 43.2 Å². The summed E-state index contributed by atoms with van der Waals surface area (Å²) in [5.41, 5.74) is -1.21. The summed E-state index contributed by atoms with van der Waals surface area (Å²) in [6.45, 7) is 0. The number of hydrogen-bond donors (Lipinski definition) is 5. The molecule has 0 aromatic heterocycles. The Morgan fingerprint density at radius 1 is 1.26 bits per heavy atom. The summed E-state index contributed by atoms with van der Waals surface area (Å²) in [6.07, 6.45) is -2.19. The molecule has 0 saturated heterocycles. The monoisotopic (exact) mass is 343 g/mol. The molecule has 1 aromatic carbocycles. The number of amides is 1. The van der Waals surface area contributed by atoms with Crippen molar-refractivity contribution in [3.8, 4) is 0 Å². The van der Waals surface area contributed by atoms with Gasteiger partial charge in [0.25, 0.3) is 5.91 Å². The third-order valence-corrected chi connectivity index (χ3v) is 4.84. The summed E-state index contributed by atoms with van der Waals surface area (Å²) in [5.74, 6) is -2.37. The molecule has 23 heavy (non-hydrogen) atoms. The molecule has 1 aliphatic rings. The Morgan fingerprint density at radius 2 is 1.83 bits per heavy atom. The predicted molar refractivity (Wildman–Crippen MR) is 79.9 cm³/mol. The predicted octanol–water partition coefficient (Wildman–Crippen LogP) is 0.188. The van der Waals surface area contributed by atoms with Crippen molar-refractivity contribution in [1.29, 1.82) is 0 Å². The minimum atomic E-state index is -4.38. The quantitative estimate of drug-likeness (QED) is 0.464. The first kappa shape index (κ1) is 17.6. The van der Waals surface area contributed by atoms with Crippen molar-refractivity contribution in [3.05, 3.63) is 35.9 Å². The van der Waals surface area contributed by atoms with Crippen molar-refractivity contribution < 1.29 is 34.2 Å². The highest BCUT2D eigenvalue weighted by molar-refractivity contribution is 7.51. The number of nitrogens with one attached hydrogen (secondary N) is 1. The molecule has 0 aliphatic heterocycles. The van der Waals surface area contributed by atoms with Crippen LogP contribution in [0.2, 0.25) is 0 Å². The smallest absolute Gasteiger partial charge is 0.329 e. The molecule has 9 heteroatoms. The summed E-state index contributed by atoms with van der Waals surface area (Å²) < 4.78 is 10.9. The highest BCUT2D eigenvalue weighted by Gasteiger charge is 2.54. The van der Waals surface area contributed by atoms with Crippen LogP contribution in [0.5, 0.6) is 0 Å². The lowest BCUT2D eigenvalue weighted by atomic mass is 9.66. The van der Waals surface area contributed by atoms with E-state index in [2.05, 4.69) is 5.32 Å². The molecule has 126 valence electrons. The van der Waals surface area contributed by atoms with E-state index in [1.54, 1.807) is 30.3 Å². The Labute approximate surface area is 132 Å². The fourth-order valence-electron chi connectivity index (χ4n) is 2.71. The number of carbonyl (C=O) groups is 2. The molecule has 0 heterocycles. The van der Waals surface area contributed by atoms with Crippen molar-refractivity contribution >= 4 is 19.5 Å². The van der Waals surface area contributed by atoms with Crippen molar-refractivity contribution in [1.82, 2.24) is 5.32 Å². The minimum Gasteiger partial charge on any atom is -0.480 e. The maximum Gasteiger partial charge on any atom is 0.329 e. The molecule has 1 saturated carbocycles. The van der Waals surface area contributed by atoms with Gasteiger partial charge in [-0.25, -0.2) is 4.79 Å². The van der Waals surface area contributed by atoms with Gasteiger partial charge in [0.05, 0.1) is 12.3 Å². The number of aliphatic hydroxyl groups is 1. The zero-order valence-corrected chi connectivity index (χ0v) is 13.0. The molecule has 2 rings (SSSR count). The molecular weight excluding hydrogens is 325 g/mol. The van der Waals surface area contributed by atoms with Crippen LogP contribution in [0.4, 0.5) is 0 Å². The number of aliphatic hydroxyl groups excluding tert-OH is 1. The van der Waals surface area contributed by atoms with E-state index >= 15 is 0 Å². The molecule has 1 amide bonds. The molecule has 1 fully saturated rings. The van der Waals surface area contributed by atoms with Gasteiger partial charge in [0.2, 0.25) is 0 Å². The maximum atomic E-state index is 12.1. The Morgan fingerprint density at radius 3 is 2.30 bits per heavy atom. The number of carboxylic acids is 1. The molecule has 0 bridgehead atoms. The molecular formula is C14H18NO7P. The van der Waals surface area contributed by atoms with E-state index in [1.807, 2.05) is 0 Å². The van der Waals surface area contributed by atoms with Crippen LogP contribution in [0, 0.1) is 5.92 Å². The van der Waals surface area contributed by atoms with Gasteiger partial charge in [-0.15, -0.1) is 0 Å². The average Bonchev–Trinajstić information content (AvgIpc) is 2.40. The number of carbonyl (C=O) groups excluding carboxylic acids is 1. The van der Waals surface area contributed by atoms with Crippen molar-refractivity contribution in [3.63, 3.8) is 0 Å². The van der Waals surface area contributed by atoms with Crippen LogP contribution in [0.15, 0.2) is 30.3 Å². The fourth-order valence-corrected chi connectivity index (χ4v) is 3.49. The molecule has 1 aromatic rings. The van der Waals surface area contributed by atoms with Gasteiger partial charge in [0, 0.05) is 5.56 Å². The summed E-state index contributed by atoms with van der Waals surface area (Å²) in [7, 11) is -4.38. The molecule has 1 aliphatic carbocycles. The topological polar surface area (TPSA) is 144 Å². The van der Waals surface area contributed by atoms with Crippen molar-refractivity contribution in [2.75, 3.05) is 6.16 Å². The van der Waals surface area contributed by atoms with Gasteiger partial charge in [0.1, 0.15) is 5.54 Å². The van der Waals surface area contributed by atoms with Crippen LogP contribution in [-0.4, -0.2) is 49.7 Å². The first-order valence-electron chi connectivity index (χ1n) is 6.96. The molecule has 0 spiro atoms. The first-order chi connectivity index (χ1) is 10.6. The molecule has 5 N–H and O–H groups in total. The zero-order valence-electron chi connectivity index (χ0n) is 12.1. The van der Waals surface area contributed by atoms with Gasteiger partial charge in [0.15, 0.2) is 0 Å². The lowest BCUT2D eigenvalue weighted by Gasteiger charge is -2.46. The third kappa shape index (κ3) is 4.17. The van der Waals surface area contributed by atoms with Crippen molar-refractivity contribution in [2.45, 2.75) is 24.5 Å². The molecule has 8 nitrogen and oxygen atoms in total. The second-order valence-electron chi connectivity index (χ2n) is 5.79. The zero-order chi connectivity index (χ0) is 17.3. The summed E-state index contributed by atoms with van der Waals surface area (Å²) in [4.78, 5) is 41.3. The van der Waals surface area contributed by atoms with E-state index in [4.69, 9.17) is 9.79 Å². The molecule has 1 unspecified atom stereocenters. The second-order valence-corrected chi connectivity index (χ2v) is 7.48. The Balaban J connectivity index is 2.03. The van der Waals surface area contributed by atoms with Crippen LogP contribution in [-0.2, 0) is 9.36 Å².